The highest BCUT2D eigenvalue weighted by Crippen LogP contribution is 2.13. The van der Waals surface area contributed by atoms with Gasteiger partial charge in [0, 0.05) is 17.6 Å². The Bertz CT molecular complexity index is 722. The third kappa shape index (κ3) is 3.18. The second-order valence-corrected chi connectivity index (χ2v) is 6.53. The first-order valence-electron chi connectivity index (χ1n) is 5.48. The Morgan fingerprint density at radius 2 is 2.15 bits per heavy atom. The molecule has 0 radical (unpaired) electrons. The highest BCUT2D eigenvalue weighted by atomic mass is 32.2. The number of aryl methyl sites for hydroxylation is 1. The van der Waals surface area contributed by atoms with Gasteiger partial charge in [0.05, 0.1) is 16.8 Å². The van der Waals surface area contributed by atoms with Gasteiger partial charge in [-0.05, 0) is 19.1 Å². The van der Waals surface area contributed by atoms with Crippen molar-refractivity contribution in [1.29, 1.82) is 0 Å². The molecule has 0 aliphatic carbocycles. The van der Waals surface area contributed by atoms with E-state index in [4.69, 9.17) is 5.11 Å². The molecule has 0 spiro atoms. The second-order valence-electron chi connectivity index (χ2n) is 3.88. The number of carboxylic acid groups (broad SMARTS) is 1. The number of rotatable bonds is 5. The molecule has 0 amide bonds. The van der Waals surface area contributed by atoms with Gasteiger partial charge in [-0.1, -0.05) is 0 Å². The van der Waals surface area contributed by atoms with E-state index < -0.39 is 16.0 Å². The molecule has 0 unspecified atom stereocenters. The summed E-state index contributed by atoms with van der Waals surface area (Å²) in [6.45, 7) is 1.92. The molecule has 20 heavy (non-hydrogen) atoms. The van der Waals surface area contributed by atoms with Gasteiger partial charge < -0.3 is 5.11 Å². The van der Waals surface area contributed by atoms with Crippen LogP contribution in [0, 0.1) is 6.92 Å². The summed E-state index contributed by atoms with van der Waals surface area (Å²) in [5, 5.41) is 8.51. The van der Waals surface area contributed by atoms with Crippen LogP contribution in [-0.4, -0.2) is 29.5 Å². The fourth-order valence-electron chi connectivity index (χ4n) is 1.40. The van der Waals surface area contributed by atoms with E-state index in [1.165, 1.54) is 17.4 Å². The molecule has 0 aliphatic rings. The molecule has 2 aromatic rings. The Hall–Kier alpha value is -1.84. The summed E-state index contributed by atoms with van der Waals surface area (Å²) < 4.78 is 26.4. The summed E-state index contributed by atoms with van der Waals surface area (Å²) in [6, 6.07) is 2.35. The molecule has 2 rings (SSSR count). The molecule has 0 aliphatic heterocycles. The van der Waals surface area contributed by atoms with Gasteiger partial charge in [-0.15, -0.1) is 11.3 Å². The van der Waals surface area contributed by atoms with Crippen molar-refractivity contribution in [1.82, 2.24) is 14.7 Å². The average Bonchev–Trinajstić information content (AvgIpc) is 2.82. The second kappa shape index (κ2) is 5.65. The van der Waals surface area contributed by atoms with Crippen LogP contribution in [0.4, 0.5) is 0 Å². The van der Waals surface area contributed by atoms with Crippen molar-refractivity contribution < 1.29 is 18.3 Å². The first-order valence-corrected chi connectivity index (χ1v) is 7.84. The zero-order chi connectivity index (χ0) is 14.8. The van der Waals surface area contributed by atoms with Crippen LogP contribution in [0.5, 0.6) is 0 Å². The van der Waals surface area contributed by atoms with Gasteiger partial charge >= 0.3 is 5.97 Å². The molecule has 0 bridgehead atoms. The Morgan fingerprint density at radius 1 is 1.40 bits per heavy atom. The van der Waals surface area contributed by atoms with E-state index in [2.05, 4.69) is 14.7 Å². The average molecular weight is 313 g/mol. The predicted molar refractivity (Wildman–Crippen MR) is 72.1 cm³/mol. The highest BCUT2D eigenvalue weighted by molar-refractivity contribution is 7.89. The molecule has 106 valence electrons. The first-order chi connectivity index (χ1) is 9.40. The largest absolute Gasteiger partial charge is 0.478 e. The van der Waals surface area contributed by atoms with Gasteiger partial charge in [-0.25, -0.2) is 27.9 Å². The number of thiazole rings is 1. The third-order valence-electron chi connectivity index (χ3n) is 2.53. The Kier molecular flexibility index (Phi) is 4.12. The normalized spacial score (nSPS) is 11.4. The van der Waals surface area contributed by atoms with Gasteiger partial charge in [0.15, 0.2) is 5.03 Å². The topological polar surface area (TPSA) is 109 Å². The van der Waals surface area contributed by atoms with E-state index in [1.54, 1.807) is 12.4 Å². The zero-order valence-corrected chi connectivity index (χ0v) is 12.0. The van der Waals surface area contributed by atoms with Gasteiger partial charge in [-0.3, -0.25) is 0 Å². The van der Waals surface area contributed by atoms with Gasteiger partial charge in [0.1, 0.15) is 0 Å². The molecule has 7 nitrogen and oxygen atoms in total. The molecule has 0 atom stereocenters. The molecule has 0 aromatic carbocycles. The Labute approximate surface area is 119 Å². The lowest BCUT2D eigenvalue weighted by atomic mass is 10.3. The lowest BCUT2D eigenvalue weighted by Gasteiger charge is -2.05. The molecule has 2 N–H and O–H groups in total. The maximum atomic E-state index is 12.0. The first kappa shape index (κ1) is 14.6. The van der Waals surface area contributed by atoms with Crippen LogP contribution in [0.15, 0.2) is 28.9 Å². The minimum atomic E-state index is -3.77. The van der Waals surface area contributed by atoms with Gasteiger partial charge in [0.2, 0.25) is 0 Å². The number of carbonyl (C=O) groups is 1. The molecule has 0 fully saturated rings. The number of sulfonamides is 1. The zero-order valence-electron chi connectivity index (χ0n) is 10.4. The van der Waals surface area contributed by atoms with E-state index in [0.717, 1.165) is 22.8 Å². The summed E-state index contributed by atoms with van der Waals surface area (Å²) in [5.41, 5.74) is 2.34. The van der Waals surface area contributed by atoms with Crippen LogP contribution >= 0.6 is 11.3 Å². The van der Waals surface area contributed by atoms with Crippen molar-refractivity contribution >= 4 is 27.3 Å². The minimum Gasteiger partial charge on any atom is -0.478 e. The van der Waals surface area contributed by atoms with Crippen molar-refractivity contribution in [3.63, 3.8) is 0 Å². The number of hydrogen-bond acceptors (Lipinski definition) is 6. The van der Waals surface area contributed by atoms with Gasteiger partial charge in [0.25, 0.3) is 10.0 Å². The number of nitrogens with one attached hydrogen (secondary N) is 1. The summed E-state index contributed by atoms with van der Waals surface area (Å²) in [6.07, 6.45) is 1.01. The molecule has 9 heteroatoms. The number of aromatic carboxylic acids is 1. The lowest BCUT2D eigenvalue weighted by molar-refractivity contribution is 0.0696. The summed E-state index contributed by atoms with van der Waals surface area (Å²) in [7, 11) is -3.77. The van der Waals surface area contributed by atoms with Crippen LogP contribution < -0.4 is 4.72 Å². The number of nitrogens with zero attached hydrogens (tertiary/aromatic N) is 2. The number of pyridine rings is 1. The minimum absolute atomic E-state index is 0.0674. The van der Waals surface area contributed by atoms with Gasteiger partial charge in [-0.2, -0.15) is 0 Å². The quantitative estimate of drug-likeness (QED) is 0.853. The number of aromatic nitrogens is 2. The molecule has 2 aromatic heterocycles. The summed E-state index contributed by atoms with van der Waals surface area (Å²) in [4.78, 5) is 19.2. The van der Waals surface area contributed by atoms with E-state index >= 15 is 0 Å². The molecule has 2 heterocycles. The van der Waals surface area contributed by atoms with Crippen LogP contribution in [0.2, 0.25) is 0 Å². The van der Waals surface area contributed by atoms with E-state index in [-0.39, 0.29) is 17.1 Å². The Balaban J connectivity index is 2.14. The number of carboxylic acids is 1. The van der Waals surface area contributed by atoms with E-state index in [9.17, 15) is 13.2 Å². The highest BCUT2D eigenvalue weighted by Gasteiger charge is 2.17. The Morgan fingerprint density at radius 3 is 2.65 bits per heavy atom. The molecular weight excluding hydrogens is 302 g/mol. The maximum absolute atomic E-state index is 12.0. The lowest BCUT2D eigenvalue weighted by Crippen LogP contribution is -2.24. The fourth-order valence-corrected chi connectivity index (χ4v) is 3.13. The number of hydrogen-bond donors (Lipinski definition) is 2. The molecule has 0 saturated heterocycles. The van der Waals surface area contributed by atoms with Crippen molar-refractivity contribution in [3.05, 3.63) is 40.0 Å². The van der Waals surface area contributed by atoms with Crippen molar-refractivity contribution in [2.24, 2.45) is 0 Å². The monoisotopic (exact) mass is 313 g/mol. The molecular formula is C11H11N3O4S2. The summed E-state index contributed by atoms with van der Waals surface area (Å²) in [5.74, 6) is -1.16. The smallest absolute Gasteiger partial charge is 0.337 e. The van der Waals surface area contributed by atoms with E-state index in [1.807, 2.05) is 0 Å². The van der Waals surface area contributed by atoms with Crippen LogP contribution in [0.1, 0.15) is 20.9 Å². The van der Waals surface area contributed by atoms with Crippen LogP contribution in [0.25, 0.3) is 0 Å². The maximum Gasteiger partial charge on any atom is 0.337 e. The standard InChI is InChI=1S/C11H11N3O4S2/c1-7-9(19-6-13-7)5-14-20(17,18)10-3-2-8(4-12-10)11(15)16/h2-4,6,14H,5H2,1H3,(H,15,16). The van der Waals surface area contributed by atoms with Crippen molar-refractivity contribution in [3.8, 4) is 0 Å². The van der Waals surface area contributed by atoms with Crippen molar-refractivity contribution in [2.45, 2.75) is 18.5 Å². The van der Waals surface area contributed by atoms with Crippen LogP contribution in [0.3, 0.4) is 0 Å². The fraction of sp³-hybridized carbons (Fsp3) is 0.182. The SMILES string of the molecule is Cc1ncsc1CNS(=O)(=O)c1ccc(C(=O)O)cn1. The van der Waals surface area contributed by atoms with E-state index in [0.29, 0.717) is 0 Å². The van der Waals surface area contributed by atoms with Crippen molar-refractivity contribution in [2.75, 3.05) is 0 Å². The van der Waals surface area contributed by atoms with Crippen LogP contribution in [-0.2, 0) is 16.6 Å². The molecule has 0 saturated carbocycles. The predicted octanol–water partition coefficient (Wildman–Crippen LogP) is 1.02. The third-order valence-corrected chi connectivity index (χ3v) is 4.78. The summed E-state index contributed by atoms with van der Waals surface area (Å²) >= 11 is 1.36.